The molecule has 2 rings (SSSR count). The van der Waals surface area contributed by atoms with Gasteiger partial charge in [0.2, 0.25) is 0 Å². The van der Waals surface area contributed by atoms with Crippen molar-refractivity contribution in [1.82, 2.24) is 9.97 Å². The molecular weight excluding hydrogens is 228 g/mol. The van der Waals surface area contributed by atoms with Crippen LogP contribution in [0.3, 0.4) is 0 Å². The van der Waals surface area contributed by atoms with E-state index in [1.807, 2.05) is 23.6 Å². The van der Waals surface area contributed by atoms with Gasteiger partial charge >= 0.3 is 0 Å². The molecule has 0 aliphatic carbocycles. The summed E-state index contributed by atoms with van der Waals surface area (Å²) in [5.74, 6) is 0. The lowest BCUT2D eigenvalue weighted by Gasteiger charge is -1.95. The van der Waals surface area contributed by atoms with Crippen LogP contribution in [0.25, 0.3) is 11.4 Å². The molecule has 0 fully saturated rings. The first-order chi connectivity index (χ1) is 7.31. The minimum Gasteiger partial charge on any atom is -0.375 e. The number of nitrogens with two attached hydrogens (primary N) is 1. The number of thiazole rings is 1. The van der Waals surface area contributed by atoms with Crippen LogP contribution in [0.2, 0.25) is 0 Å². The van der Waals surface area contributed by atoms with Gasteiger partial charge in [-0.25, -0.2) is 4.98 Å². The Morgan fingerprint density at radius 1 is 1.47 bits per heavy atom. The van der Waals surface area contributed by atoms with Crippen molar-refractivity contribution in [1.29, 1.82) is 5.26 Å². The molecule has 0 aliphatic rings. The molecule has 0 atom stereocenters. The van der Waals surface area contributed by atoms with Gasteiger partial charge in [0.15, 0.2) is 5.13 Å². The predicted octanol–water partition coefficient (Wildman–Crippen LogP) is 2.36. The summed E-state index contributed by atoms with van der Waals surface area (Å²) in [5, 5.41) is 11.1. The van der Waals surface area contributed by atoms with Crippen molar-refractivity contribution in [2.24, 2.45) is 0 Å². The monoisotopic (exact) mass is 234 g/mol. The Hall–Kier alpha value is -1.58. The highest BCUT2D eigenvalue weighted by molar-refractivity contribution is 8.05. The van der Waals surface area contributed by atoms with Crippen molar-refractivity contribution in [3.8, 4) is 16.8 Å². The topological polar surface area (TPSA) is 75.6 Å². The van der Waals surface area contributed by atoms with E-state index >= 15 is 0 Å². The third-order valence-electron chi connectivity index (χ3n) is 1.66. The highest BCUT2D eigenvalue weighted by Gasteiger charge is 2.12. The van der Waals surface area contributed by atoms with Crippen LogP contribution in [-0.4, -0.2) is 9.97 Å². The number of nitrogens with zero attached hydrogens (tertiary/aromatic N) is 3. The molecule has 0 aromatic carbocycles. The molecule has 0 aliphatic heterocycles. The van der Waals surface area contributed by atoms with Crippen LogP contribution >= 0.6 is 23.1 Å². The molecule has 15 heavy (non-hydrogen) atoms. The second-order valence-electron chi connectivity index (χ2n) is 2.60. The molecule has 2 N–H and O–H groups in total. The number of aromatic nitrogens is 2. The molecule has 0 unspecified atom stereocenters. The summed E-state index contributed by atoms with van der Waals surface area (Å²) in [6.45, 7) is 0. The maximum Gasteiger partial charge on any atom is 0.181 e. The van der Waals surface area contributed by atoms with Crippen LogP contribution < -0.4 is 5.73 Å². The van der Waals surface area contributed by atoms with Crippen LogP contribution in [0, 0.1) is 10.7 Å². The molecule has 0 radical (unpaired) electrons. The maximum absolute atomic E-state index is 8.63. The van der Waals surface area contributed by atoms with E-state index in [0.717, 1.165) is 21.7 Å². The summed E-state index contributed by atoms with van der Waals surface area (Å²) in [5.41, 5.74) is 7.03. The SMILES string of the molecule is N#CSc1sc(N)nc1-c1ccccn1. The van der Waals surface area contributed by atoms with E-state index in [4.69, 9.17) is 11.0 Å². The maximum atomic E-state index is 8.63. The normalized spacial score (nSPS) is 9.80. The van der Waals surface area contributed by atoms with Crippen molar-refractivity contribution in [2.75, 3.05) is 5.73 Å². The van der Waals surface area contributed by atoms with Gasteiger partial charge in [-0.15, -0.1) is 0 Å². The number of thiocyanates is 1. The van der Waals surface area contributed by atoms with Crippen molar-refractivity contribution >= 4 is 28.2 Å². The first-order valence-electron chi connectivity index (χ1n) is 4.05. The van der Waals surface area contributed by atoms with Crippen LogP contribution in [0.4, 0.5) is 5.13 Å². The number of rotatable bonds is 2. The summed E-state index contributed by atoms with van der Waals surface area (Å²) in [6.07, 6.45) is 1.69. The van der Waals surface area contributed by atoms with Gasteiger partial charge in [0.25, 0.3) is 0 Å². The minimum atomic E-state index is 0.452. The van der Waals surface area contributed by atoms with Crippen molar-refractivity contribution in [2.45, 2.75) is 4.21 Å². The number of thioether (sulfide) groups is 1. The molecule has 0 amide bonds. The van der Waals surface area contributed by atoms with Crippen molar-refractivity contribution in [3.63, 3.8) is 0 Å². The third-order valence-corrected chi connectivity index (χ3v) is 3.31. The van der Waals surface area contributed by atoms with Crippen LogP contribution in [0.15, 0.2) is 28.6 Å². The summed E-state index contributed by atoms with van der Waals surface area (Å²) in [7, 11) is 0. The molecule has 0 saturated heterocycles. The lowest BCUT2D eigenvalue weighted by molar-refractivity contribution is 1.26. The Labute approximate surface area is 94.8 Å². The van der Waals surface area contributed by atoms with Gasteiger partial charge in [-0.3, -0.25) is 4.98 Å². The predicted molar refractivity (Wildman–Crippen MR) is 61.2 cm³/mol. The van der Waals surface area contributed by atoms with Crippen LogP contribution in [0.5, 0.6) is 0 Å². The van der Waals surface area contributed by atoms with Gasteiger partial charge < -0.3 is 5.73 Å². The summed E-state index contributed by atoms with van der Waals surface area (Å²) in [6, 6.07) is 5.55. The lowest BCUT2D eigenvalue weighted by Crippen LogP contribution is -1.85. The van der Waals surface area contributed by atoms with Gasteiger partial charge in [-0.05, 0) is 12.1 Å². The molecular formula is C9H6N4S2. The average molecular weight is 234 g/mol. The number of nitriles is 1. The summed E-state index contributed by atoms with van der Waals surface area (Å²) in [4.78, 5) is 8.33. The van der Waals surface area contributed by atoms with Crippen molar-refractivity contribution < 1.29 is 0 Å². The molecule has 2 aromatic rings. The van der Waals surface area contributed by atoms with Gasteiger partial charge in [-0.2, -0.15) is 5.26 Å². The van der Waals surface area contributed by atoms with E-state index in [0.29, 0.717) is 10.8 Å². The van der Waals surface area contributed by atoms with E-state index < -0.39 is 0 Å². The summed E-state index contributed by atoms with van der Waals surface area (Å²) < 4.78 is 0.786. The Balaban J connectivity index is 2.49. The van der Waals surface area contributed by atoms with Gasteiger partial charge in [0.1, 0.15) is 15.3 Å². The zero-order valence-electron chi connectivity index (χ0n) is 7.54. The third kappa shape index (κ3) is 2.09. The fourth-order valence-corrected chi connectivity index (χ4v) is 2.54. The number of anilines is 1. The van der Waals surface area contributed by atoms with Crippen LogP contribution in [0.1, 0.15) is 0 Å². The molecule has 0 bridgehead atoms. The fraction of sp³-hybridized carbons (Fsp3) is 0. The van der Waals surface area contributed by atoms with Crippen molar-refractivity contribution in [3.05, 3.63) is 24.4 Å². The van der Waals surface area contributed by atoms with E-state index in [1.165, 1.54) is 11.3 Å². The number of nitrogen functional groups attached to an aromatic ring is 1. The molecule has 6 heteroatoms. The number of hydrogen-bond acceptors (Lipinski definition) is 6. The van der Waals surface area contributed by atoms with Gasteiger partial charge in [0, 0.05) is 18.0 Å². The minimum absolute atomic E-state index is 0.452. The second-order valence-corrected chi connectivity index (χ2v) is 4.68. The highest BCUT2D eigenvalue weighted by Crippen LogP contribution is 2.35. The smallest absolute Gasteiger partial charge is 0.181 e. The number of hydrogen-bond donors (Lipinski definition) is 1. The molecule has 4 nitrogen and oxygen atoms in total. The Morgan fingerprint density at radius 3 is 3.00 bits per heavy atom. The zero-order chi connectivity index (χ0) is 10.7. The van der Waals surface area contributed by atoms with E-state index in [-0.39, 0.29) is 0 Å². The van der Waals surface area contributed by atoms with Gasteiger partial charge in [0.05, 0.1) is 5.69 Å². The zero-order valence-corrected chi connectivity index (χ0v) is 9.18. The molecule has 0 saturated carbocycles. The summed E-state index contributed by atoms with van der Waals surface area (Å²) >= 11 is 2.36. The molecule has 2 heterocycles. The average Bonchev–Trinajstić information content (AvgIpc) is 2.62. The van der Waals surface area contributed by atoms with E-state index in [9.17, 15) is 0 Å². The fourth-order valence-electron chi connectivity index (χ4n) is 1.10. The molecule has 0 spiro atoms. The molecule has 74 valence electrons. The molecule has 2 aromatic heterocycles. The van der Waals surface area contributed by atoms with Gasteiger partial charge in [-0.1, -0.05) is 17.4 Å². The highest BCUT2D eigenvalue weighted by atomic mass is 32.2. The Bertz CT molecular complexity index is 501. The first-order valence-corrected chi connectivity index (χ1v) is 5.68. The first kappa shape index (κ1) is 9.96. The van der Waals surface area contributed by atoms with Crippen LogP contribution in [-0.2, 0) is 0 Å². The quantitative estimate of drug-likeness (QED) is 0.637. The lowest BCUT2D eigenvalue weighted by atomic mass is 10.3. The largest absolute Gasteiger partial charge is 0.375 e. The second kappa shape index (κ2) is 4.29. The van der Waals surface area contributed by atoms with E-state index in [1.54, 1.807) is 6.20 Å². The standard InChI is InChI=1S/C9H6N4S2/c10-5-14-8-7(13-9(11)15-8)6-3-1-2-4-12-6/h1-4H,(H2,11,13). The number of pyridine rings is 1. The Kier molecular flexibility index (Phi) is 2.85. The van der Waals surface area contributed by atoms with E-state index in [2.05, 4.69) is 9.97 Å². The Morgan fingerprint density at radius 2 is 2.33 bits per heavy atom.